The topological polar surface area (TPSA) is 61.7 Å². The molecule has 1 rings (SSSR count). The van der Waals surface area contributed by atoms with Crippen molar-refractivity contribution in [2.45, 2.75) is 19.1 Å². The second-order valence-corrected chi connectivity index (χ2v) is 3.72. The van der Waals surface area contributed by atoms with Gasteiger partial charge in [-0.05, 0) is 31.7 Å². The van der Waals surface area contributed by atoms with Gasteiger partial charge in [-0.1, -0.05) is 0 Å². The summed E-state index contributed by atoms with van der Waals surface area (Å²) in [5, 5.41) is 22.2. The second kappa shape index (κ2) is 6.54. The average Bonchev–Trinajstić information content (AvgIpc) is 2.28. The first-order valence-corrected chi connectivity index (χ1v) is 5.52. The van der Waals surface area contributed by atoms with E-state index in [4.69, 9.17) is 4.74 Å². The molecule has 96 valence electrons. The zero-order valence-electron chi connectivity index (χ0n) is 9.98. The Hall–Kier alpha value is -1.17. The van der Waals surface area contributed by atoms with Crippen molar-refractivity contribution in [3.8, 4) is 5.75 Å². The third kappa shape index (κ3) is 3.96. The molecule has 0 amide bonds. The predicted molar refractivity (Wildman–Crippen MR) is 62.5 cm³/mol. The van der Waals surface area contributed by atoms with Crippen molar-refractivity contribution in [1.82, 2.24) is 5.32 Å². The lowest BCUT2D eigenvalue weighted by Gasteiger charge is -2.18. The third-order valence-corrected chi connectivity index (χ3v) is 2.32. The van der Waals surface area contributed by atoms with Gasteiger partial charge in [0.25, 0.3) is 0 Å². The highest BCUT2D eigenvalue weighted by molar-refractivity contribution is 5.31. The standard InChI is InChI=1S/C12H18FNO3/c1-3-17-10-5-8(4-9(13)6-10)12(16)11(15)7-14-2/h4-6,11-12,14-16H,3,7H2,1-2H3. The first-order valence-electron chi connectivity index (χ1n) is 5.52. The van der Waals surface area contributed by atoms with Gasteiger partial charge in [0.2, 0.25) is 0 Å². The second-order valence-electron chi connectivity index (χ2n) is 3.72. The molecule has 2 unspecified atom stereocenters. The monoisotopic (exact) mass is 243 g/mol. The molecular formula is C12H18FNO3. The minimum Gasteiger partial charge on any atom is -0.494 e. The summed E-state index contributed by atoms with van der Waals surface area (Å²) >= 11 is 0. The number of ether oxygens (including phenoxy) is 1. The molecular weight excluding hydrogens is 225 g/mol. The molecule has 0 aromatic heterocycles. The Bertz CT molecular complexity index is 360. The molecule has 0 aliphatic carbocycles. The Morgan fingerprint density at radius 1 is 1.35 bits per heavy atom. The van der Waals surface area contributed by atoms with Crippen LogP contribution >= 0.6 is 0 Å². The molecule has 0 radical (unpaired) electrons. The highest BCUT2D eigenvalue weighted by atomic mass is 19.1. The molecule has 0 bridgehead atoms. The van der Waals surface area contributed by atoms with Crippen LogP contribution < -0.4 is 10.1 Å². The number of halogens is 1. The van der Waals surface area contributed by atoms with Crippen LogP contribution in [0.2, 0.25) is 0 Å². The maximum atomic E-state index is 13.3. The molecule has 1 aromatic rings. The van der Waals surface area contributed by atoms with Crippen LogP contribution in [0.15, 0.2) is 18.2 Å². The quantitative estimate of drug-likeness (QED) is 0.693. The zero-order valence-corrected chi connectivity index (χ0v) is 9.98. The molecule has 0 aliphatic heterocycles. The van der Waals surface area contributed by atoms with Crippen molar-refractivity contribution in [1.29, 1.82) is 0 Å². The molecule has 0 spiro atoms. The van der Waals surface area contributed by atoms with Gasteiger partial charge < -0.3 is 20.3 Å². The number of benzene rings is 1. The van der Waals surface area contributed by atoms with Crippen molar-refractivity contribution < 1.29 is 19.3 Å². The summed E-state index contributed by atoms with van der Waals surface area (Å²) in [7, 11) is 1.66. The van der Waals surface area contributed by atoms with E-state index in [-0.39, 0.29) is 6.54 Å². The SMILES string of the molecule is CCOc1cc(F)cc(C(O)C(O)CNC)c1. The van der Waals surface area contributed by atoms with Crippen LogP contribution in [0, 0.1) is 5.82 Å². The number of aliphatic hydroxyl groups excluding tert-OH is 2. The van der Waals surface area contributed by atoms with Crippen molar-refractivity contribution in [2.24, 2.45) is 0 Å². The van der Waals surface area contributed by atoms with E-state index in [1.807, 2.05) is 0 Å². The average molecular weight is 243 g/mol. The molecule has 0 saturated carbocycles. The van der Waals surface area contributed by atoms with E-state index in [0.717, 1.165) is 0 Å². The largest absolute Gasteiger partial charge is 0.494 e. The molecule has 5 heteroatoms. The summed E-state index contributed by atoms with van der Waals surface area (Å²) in [4.78, 5) is 0. The molecule has 0 aliphatic rings. The zero-order chi connectivity index (χ0) is 12.8. The Labute approximate surface area is 100 Å². The van der Waals surface area contributed by atoms with Gasteiger partial charge in [-0.15, -0.1) is 0 Å². The van der Waals surface area contributed by atoms with Gasteiger partial charge in [0.05, 0.1) is 12.7 Å². The Morgan fingerprint density at radius 3 is 2.65 bits per heavy atom. The first-order chi connectivity index (χ1) is 8.08. The first kappa shape index (κ1) is 13.9. The van der Waals surface area contributed by atoms with E-state index in [2.05, 4.69) is 5.32 Å². The normalized spacial score (nSPS) is 14.4. The van der Waals surface area contributed by atoms with Gasteiger partial charge >= 0.3 is 0 Å². The summed E-state index contributed by atoms with van der Waals surface area (Å²) in [6.07, 6.45) is -2.13. The summed E-state index contributed by atoms with van der Waals surface area (Å²) in [5.74, 6) is -0.153. The number of hydrogen-bond acceptors (Lipinski definition) is 4. The van der Waals surface area contributed by atoms with Crippen LogP contribution in [0.3, 0.4) is 0 Å². The Kier molecular flexibility index (Phi) is 5.34. The highest BCUT2D eigenvalue weighted by Crippen LogP contribution is 2.23. The fourth-order valence-electron chi connectivity index (χ4n) is 1.55. The van der Waals surface area contributed by atoms with E-state index >= 15 is 0 Å². The van der Waals surface area contributed by atoms with Gasteiger partial charge in [-0.3, -0.25) is 0 Å². The van der Waals surface area contributed by atoms with Crippen molar-refractivity contribution >= 4 is 0 Å². The molecule has 0 fully saturated rings. The number of aliphatic hydroxyl groups is 2. The summed E-state index contributed by atoms with van der Waals surface area (Å²) in [6, 6.07) is 3.95. The predicted octanol–water partition coefficient (Wildman–Crippen LogP) is 0.838. The minimum atomic E-state index is -1.14. The molecule has 3 N–H and O–H groups in total. The number of rotatable bonds is 6. The molecule has 4 nitrogen and oxygen atoms in total. The summed E-state index contributed by atoms with van der Waals surface area (Å²) in [5.41, 5.74) is 0.302. The summed E-state index contributed by atoms with van der Waals surface area (Å²) < 4.78 is 18.4. The van der Waals surface area contributed by atoms with Gasteiger partial charge in [0.1, 0.15) is 17.7 Å². The smallest absolute Gasteiger partial charge is 0.127 e. The molecule has 2 atom stereocenters. The number of likely N-dealkylation sites (N-methyl/N-ethyl adjacent to an activating group) is 1. The van der Waals surface area contributed by atoms with Gasteiger partial charge in [-0.25, -0.2) is 4.39 Å². The molecule has 0 heterocycles. The molecule has 17 heavy (non-hydrogen) atoms. The summed E-state index contributed by atoms with van der Waals surface area (Å²) in [6.45, 7) is 2.43. The van der Waals surface area contributed by atoms with E-state index in [0.29, 0.717) is 17.9 Å². The minimum absolute atomic E-state index is 0.224. The van der Waals surface area contributed by atoms with Crippen LogP contribution in [0.25, 0.3) is 0 Å². The fourth-order valence-corrected chi connectivity index (χ4v) is 1.55. The van der Waals surface area contributed by atoms with Gasteiger partial charge in [0.15, 0.2) is 0 Å². The lowest BCUT2D eigenvalue weighted by Crippen LogP contribution is -2.29. The van der Waals surface area contributed by atoms with Crippen LogP contribution in [0.4, 0.5) is 4.39 Å². The van der Waals surface area contributed by atoms with Crippen LogP contribution in [-0.2, 0) is 0 Å². The fraction of sp³-hybridized carbons (Fsp3) is 0.500. The number of nitrogens with one attached hydrogen (secondary N) is 1. The maximum Gasteiger partial charge on any atom is 0.127 e. The number of hydrogen-bond donors (Lipinski definition) is 3. The van der Waals surface area contributed by atoms with Crippen LogP contribution in [0.5, 0.6) is 5.75 Å². The Morgan fingerprint density at radius 2 is 2.06 bits per heavy atom. The van der Waals surface area contributed by atoms with Crippen LogP contribution in [0.1, 0.15) is 18.6 Å². The van der Waals surface area contributed by atoms with Crippen LogP contribution in [-0.4, -0.2) is 36.5 Å². The van der Waals surface area contributed by atoms with E-state index in [9.17, 15) is 14.6 Å². The van der Waals surface area contributed by atoms with E-state index in [1.165, 1.54) is 18.2 Å². The molecule has 1 aromatic carbocycles. The van der Waals surface area contributed by atoms with Crippen molar-refractivity contribution in [3.05, 3.63) is 29.6 Å². The van der Waals surface area contributed by atoms with E-state index in [1.54, 1.807) is 14.0 Å². The lowest BCUT2D eigenvalue weighted by atomic mass is 10.0. The third-order valence-electron chi connectivity index (χ3n) is 2.32. The molecule has 0 saturated heterocycles. The highest BCUT2D eigenvalue weighted by Gasteiger charge is 2.19. The Balaban J connectivity index is 2.88. The lowest BCUT2D eigenvalue weighted by molar-refractivity contribution is 0.0199. The maximum absolute atomic E-state index is 13.3. The van der Waals surface area contributed by atoms with Gasteiger partial charge in [-0.2, -0.15) is 0 Å². The van der Waals surface area contributed by atoms with Crippen molar-refractivity contribution in [3.63, 3.8) is 0 Å². The van der Waals surface area contributed by atoms with Crippen molar-refractivity contribution in [2.75, 3.05) is 20.2 Å². The van der Waals surface area contributed by atoms with E-state index < -0.39 is 18.0 Å². The van der Waals surface area contributed by atoms with Gasteiger partial charge in [0, 0.05) is 12.6 Å².